The summed E-state index contributed by atoms with van der Waals surface area (Å²) >= 11 is 2.24. The number of ether oxygens (including phenoxy) is 4. The molecule has 0 spiro atoms. The van der Waals surface area contributed by atoms with Crippen LogP contribution >= 0.6 is 22.6 Å². The van der Waals surface area contributed by atoms with E-state index in [1.807, 2.05) is 63.2 Å². The molecule has 0 aliphatic heterocycles. The van der Waals surface area contributed by atoms with Gasteiger partial charge in [-0.3, -0.25) is 0 Å². The zero-order chi connectivity index (χ0) is 20.6. The molecule has 0 atom stereocenters. The van der Waals surface area contributed by atoms with Crippen LogP contribution in [0.5, 0.6) is 17.2 Å². The molecule has 2 aromatic carbocycles. The van der Waals surface area contributed by atoms with Crippen molar-refractivity contribution in [2.75, 3.05) is 20.4 Å². The van der Waals surface area contributed by atoms with Crippen LogP contribution in [0.25, 0.3) is 0 Å². The maximum atomic E-state index is 11.7. The van der Waals surface area contributed by atoms with Gasteiger partial charge in [-0.1, -0.05) is 6.07 Å². The standard InChI is InChI=1S/C21H26INO5/c1-21(2,3)28-20(24)23-12-11-15-5-10-19(18(22)13-15)27-17-8-6-16(7-9-17)26-14-25-4/h5-10,13H,11-12,14H2,1-4H3,(H,23,24)/i22-2. The number of carbonyl (C=O) groups is 1. The number of alkyl carbamates (subject to hydrolysis) is 1. The van der Waals surface area contributed by atoms with Crippen molar-refractivity contribution in [2.45, 2.75) is 32.8 Å². The highest BCUT2D eigenvalue weighted by Gasteiger charge is 2.15. The molecular formula is C21H26INO5. The van der Waals surface area contributed by atoms with Crippen LogP contribution in [-0.2, 0) is 15.9 Å². The van der Waals surface area contributed by atoms with E-state index in [0.717, 1.165) is 26.4 Å². The molecule has 0 unspecified atom stereocenters. The van der Waals surface area contributed by atoms with E-state index in [1.54, 1.807) is 7.11 Å². The summed E-state index contributed by atoms with van der Waals surface area (Å²) in [6.07, 6.45) is 0.307. The van der Waals surface area contributed by atoms with Gasteiger partial charge >= 0.3 is 6.09 Å². The first kappa shape index (κ1) is 22.3. The van der Waals surface area contributed by atoms with Crippen molar-refractivity contribution in [3.05, 3.63) is 51.6 Å². The second-order valence-electron chi connectivity index (χ2n) is 7.07. The van der Waals surface area contributed by atoms with E-state index in [0.29, 0.717) is 13.0 Å². The average molecular weight is 497 g/mol. The summed E-state index contributed by atoms with van der Waals surface area (Å²) in [4.78, 5) is 11.7. The Kier molecular flexibility index (Phi) is 8.37. The fourth-order valence-electron chi connectivity index (χ4n) is 2.26. The summed E-state index contributed by atoms with van der Waals surface area (Å²) in [7, 11) is 1.58. The minimum absolute atomic E-state index is 0.211. The third-order valence-corrected chi connectivity index (χ3v) is 4.32. The van der Waals surface area contributed by atoms with Gasteiger partial charge in [0, 0.05) is 13.7 Å². The van der Waals surface area contributed by atoms with Crippen molar-refractivity contribution in [2.24, 2.45) is 0 Å². The molecule has 0 fully saturated rings. The van der Waals surface area contributed by atoms with Gasteiger partial charge in [0.05, 0.1) is 3.57 Å². The highest BCUT2D eigenvalue weighted by Crippen LogP contribution is 2.29. The summed E-state index contributed by atoms with van der Waals surface area (Å²) in [6.45, 7) is 6.24. The molecule has 0 saturated carbocycles. The molecule has 0 aliphatic rings. The van der Waals surface area contributed by atoms with Crippen molar-refractivity contribution in [1.82, 2.24) is 5.32 Å². The summed E-state index contributed by atoms with van der Waals surface area (Å²) in [6, 6.07) is 13.3. The first-order valence-electron chi connectivity index (χ1n) is 8.92. The minimum atomic E-state index is -0.493. The Hall–Kier alpha value is -2.00. The predicted molar refractivity (Wildman–Crippen MR) is 116 cm³/mol. The van der Waals surface area contributed by atoms with E-state index in [9.17, 15) is 4.79 Å². The molecule has 0 heterocycles. The molecule has 152 valence electrons. The van der Waals surface area contributed by atoms with Crippen LogP contribution < -0.4 is 14.8 Å². The van der Waals surface area contributed by atoms with Crippen LogP contribution in [0.1, 0.15) is 26.3 Å². The first-order valence-corrected chi connectivity index (χ1v) is 9.99. The lowest BCUT2D eigenvalue weighted by Crippen LogP contribution is -2.33. The van der Waals surface area contributed by atoms with Gasteiger partial charge in [0.1, 0.15) is 22.8 Å². The first-order chi connectivity index (χ1) is 13.3. The molecule has 0 aliphatic carbocycles. The Bertz CT molecular complexity index is 771. The van der Waals surface area contributed by atoms with E-state index in [2.05, 4.69) is 27.9 Å². The highest BCUT2D eigenvalue weighted by molar-refractivity contribution is 14.1. The number of halogens is 1. The lowest BCUT2D eigenvalue weighted by molar-refractivity contribution is 0.0510. The Morgan fingerprint density at radius 3 is 2.36 bits per heavy atom. The Morgan fingerprint density at radius 1 is 1.07 bits per heavy atom. The molecule has 0 aromatic heterocycles. The van der Waals surface area contributed by atoms with Crippen molar-refractivity contribution in [3.63, 3.8) is 0 Å². The minimum Gasteiger partial charge on any atom is -0.468 e. The topological polar surface area (TPSA) is 66.0 Å². The van der Waals surface area contributed by atoms with Gasteiger partial charge in [0.2, 0.25) is 0 Å². The van der Waals surface area contributed by atoms with E-state index in [-0.39, 0.29) is 6.79 Å². The maximum Gasteiger partial charge on any atom is 0.407 e. The number of amides is 1. The monoisotopic (exact) mass is 497 g/mol. The summed E-state index contributed by atoms with van der Waals surface area (Å²) in [5, 5.41) is 2.77. The largest absolute Gasteiger partial charge is 0.468 e. The SMILES string of the molecule is COCOc1ccc(Oc2ccc(CCNC(=O)OC(C)(C)C)cc2[125I])cc1. The number of nitrogens with one attached hydrogen (secondary N) is 1. The van der Waals surface area contributed by atoms with Gasteiger partial charge in [-0.15, -0.1) is 0 Å². The van der Waals surface area contributed by atoms with Crippen LogP contribution in [0, 0.1) is 3.57 Å². The van der Waals surface area contributed by atoms with Gasteiger partial charge in [-0.25, -0.2) is 4.79 Å². The van der Waals surface area contributed by atoms with Crippen molar-refractivity contribution in [1.29, 1.82) is 0 Å². The molecule has 28 heavy (non-hydrogen) atoms. The Labute approximate surface area is 179 Å². The number of methoxy groups -OCH3 is 1. The second kappa shape index (κ2) is 10.5. The maximum absolute atomic E-state index is 11.7. The number of hydrogen-bond acceptors (Lipinski definition) is 5. The van der Waals surface area contributed by atoms with E-state index >= 15 is 0 Å². The highest BCUT2D eigenvalue weighted by atomic mass is 125. The smallest absolute Gasteiger partial charge is 0.407 e. The molecular weight excluding hydrogens is 471 g/mol. The number of benzene rings is 2. The summed E-state index contributed by atoms with van der Waals surface area (Å²) in [5.41, 5.74) is 0.614. The lowest BCUT2D eigenvalue weighted by atomic mass is 10.1. The van der Waals surface area contributed by atoms with E-state index in [1.165, 1.54) is 0 Å². The number of rotatable bonds is 8. The lowest BCUT2D eigenvalue weighted by Gasteiger charge is -2.19. The number of hydrogen-bond donors (Lipinski definition) is 1. The summed E-state index contributed by atoms with van der Waals surface area (Å²) < 4.78 is 22.4. The molecule has 1 amide bonds. The molecule has 0 radical (unpaired) electrons. The zero-order valence-corrected chi connectivity index (χ0v) is 18.7. The van der Waals surface area contributed by atoms with Crippen LogP contribution in [0.15, 0.2) is 42.5 Å². The van der Waals surface area contributed by atoms with E-state index in [4.69, 9.17) is 18.9 Å². The number of carbonyl (C=O) groups excluding carboxylic acids is 1. The Morgan fingerprint density at radius 2 is 1.75 bits per heavy atom. The van der Waals surface area contributed by atoms with Gasteiger partial charge in [0.25, 0.3) is 0 Å². The average Bonchev–Trinajstić information content (AvgIpc) is 2.62. The predicted octanol–water partition coefficient (Wildman–Crippen LogP) is 5.13. The van der Waals surface area contributed by atoms with E-state index < -0.39 is 11.7 Å². The molecule has 0 bridgehead atoms. The zero-order valence-electron chi connectivity index (χ0n) is 16.6. The molecule has 1 N–H and O–H groups in total. The fraction of sp³-hybridized carbons (Fsp3) is 0.381. The van der Waals surface area contributed by atoms with Gasteiger partial charge < -0.3 is 24.3 Å². The molecule has 2 aromatic rings. The molecule has 7 heteroatoms. The van der Waals surface area contributed by atoms with Crippen molar-refractivity contribution in [3.8, 4) is 17.2 Å². The quantitative estimate of drug-likeness (QED) is 0.405. The van der Waals surface area contributed by atoms with Crippen molar-refractivity contribution < 1.29 is 23.7 Å². The van der Waals surface area contributed by atoms with Crippen LogP contribution in [0.2, 0.25) is 0 Å². The van der Waals surface area contributed by atoms with Crippen LogP contribution in [0.4, 0.5) is 4.79 Å². The molecule has 0 saturated heterocycles. The second-order valence-corrected chi connectivity index (χ2v) is 8.23. The fourth-order valence-corrected chi connectivity index (χ4v) is 2.95. The van der Waals surface area contributed by atoms with Crippen LogP contribution in [-0.4, -0.2) is 32.1 Å². The van der Waals surface area contributed by atoms with Gasteiger partial charge in [-0.2, -0.15) is 0 Å². The molecule has 6 nitrogen and oxygen atoms in total. The van der Waals surface area contributed by atoms with Gasteiger partial charge in [-0.05, 0) is 91.7 Å². The Balaban J connectivity index is 1.87. The normalized spacial score (nSPS) is 11.0. The molecule has 2 rings (SSSR count). The summed E-state index contributed by atoms with van der Waals surface area (Å²) in [5.74, 6) is 2.22. The van der Waals surface area contributed by atoms with Crippen molar-refractivity contribution >= 4 is 28.7 Å². The third kappa shape index (κ3) is 7.93. The van der Waals surface area contributed by atoms with Gasteiger partial charge in [0.15, 0.2) is 6.79 Å². The third-order valence-electron chi connectivity index (χ3n) is 3.47. The van der Waals surface area contributed by atoms with Crippen LogP contribution in [0.3, 0.4) is 0 Å².